The van der Waals surface area contributed by atoms with Gasteiger partial charge in [0, 0.05) is 25.6 Å². The van der Waals surface area contributed by atoms with E-state index in [0.717, 1.165) is 43.9 Å². The Bertz CT molecular complexity index is 581. The van der Waals surface area contributed by atoms with E-state index in [9.17, 15) is 4.79 Å². The van der Waals surface area contributed by atoms with Crippen molar-refractivity contribution >= 4 is 5.91 Å². The fourth-order valence-corrected chi connectivity index (χ4v) is 3.53. The van der Waals surface area contributed by atoms with Gasteiger partial charge >= 0.3 is 0 Å². The van der Waals surface area contributed by atoms with Gasteiger partial charge in [-0.05, 0) is 33.2 Å². The van der Waals surface area contributed by atoms with Crippen molar-refractivity contribution in [3.8, 4) is 0 Å². The highest BCUT2D eigenvalue weighted by molar-refractivity contribution is 5.92. The number of piperidine rings is 1. The average molecular weight is 305 g/mol. The molecule has 1 aromatic heterocycles. The molecule has 0 bridgehead atoms. The van der Waals surface area contributed by atoms with E-state index in [1.54, 1.807) is 0 Å². The maximum atomic E-state index is 13.0. The van der Waals surface area contributed by atoms with Crippen LogP contribution in [0.1, 0.15) is 47.3 Å². The Kier molecular flexibility index (Phi) is 3.46. The van der Waals surface area contributed by atoms with Crippen molar-refractivity contribution in [1.29, 1.82) is 0 Å². The zero-order valence-corrected chi connectivity index (χ0v) is 13.2. The Hall–Kier alpha value is -1.40. The second-order valence-electron chi connectivity index (χ2n) is 6.77. The van der Waals surface area contributed by atoms with Gasteiger partial charge in [0.05, 0.1) is 24.4 Å². The minimum absolute atomic E-state index is 0.0227. The number of hydrogen-bond donors (Lipinski definition) is 0. The summed E-state index contributed by atoms with van der Waals surface area (Å²) in [6.45, 7) is 5.00. The van der Waals surface area contributed by atoms with Crippen LogP contribution >= 0.6 is 0 Å². The molecule has 6 nitrogen and oxygen atoms in total. The van der Waals surface area contributed by atoms with Crippen LogP contribution in [0.2, 0.25) is 0 Å². The number of morpholine rings is 1. The minimum Gasteiger partial charge on any atom is -0.435 e. The predicted octanol–water partition coefficient (Wildman–Crippen LogP) is 1.41. The van der Waals surface area contributed by atoms with Gasteiger partial charge in [0.1, 0.15) is 0 Å². The molecule has 4 rings (SSSR count). The first-order chi connectivity index (χ1) is 10.6. The molecule has 1 aliphatic carbocycles. The topological polar surface area (TPSA) is 58.8 Å². The molecule has 0 spiro atoms. The normalized spacial score (nSPS) is 29.5. The third-order valence-electron chi connectivity index (χ3n) is 4.98. The number of fused-ring (bicyclic) bond motifs is 1. The number of hydrogen-bond acceptors (Lipinski definition) is 5. The summed E-state index contributed by atoms with van der Waals surface area (Å²) in [6.07, 6.45) is 3.38. The average Bonchev–Trinajstić information content (AvgIpc) is 3.29. The van der Waals surface area contributed by atoms with Gasteiger partial charge in [-0.3, -0.25) is 4.79 Å². The van der Waals surface area contributed by atoms with E-state index in [0.29, 0.717) is 24.8 Å². The Morgan fingerprint density at radius 3 is 2.86 bits per heavy atom. The molecule has 3 fully saturated rings. The van der Waals surface area contributed by atoms with E-state index in [4.69, 9.17) is 9.15 Å². The van der Waals surface area contributed by atoms with Crippen LogP contribution in [-0.2, 0) is 4.74 Å². The quantitative estimate of drug-likeness (QED) is 0.827. The molecule has 1 saturated carbocycles. The lowest BCUT2D eigenvalue weighted by molar-refractivity contribution is -0.0876. The maximum Gasteiger partial charge on any atom is 0.292 e. The van der Waals surface area contributed by atoms with Crippen LogP contribution in [0.15, 0.2) is 4.42 Å². The number of carbonyl (C=O) groups excluding carboxylic acids is 1. The van der Waals surface area contributed by atoms with Gasteiger partial charge in [0.25, 0.3) is 5.91 Å². The van der Waals surface area contributed by atoms with Gasteiger partial charge in [0.15, 0.2) is 5.89 Å². The Balaban J connectivity index is 1.58. The SMILES string of the molecule is Cc1nc(C2CC2)oc1C(=O)N1CCO[C@H]2CCN(C)C[C@@H]21. The Morgan fingerprint density at radius 2 is 2.09 bits per heavy atom. The molecular weight excluding hydrogens is 282 g/mol. The molecule has 6 heteroatoms. The number of oxazole rings is 1. The first-order valence-electron chi connectivity index (χ1n) is 8.22. The Labute approximate surface area is 130 Å². The fraction of sp³-hybridized carbons (Fsp3) is 0.750. The van der Waals surface area contributed by atoms with Crippen LogP contribution in [0.25, 0.3) is 0 Å². The second kappa shape index (κ2) is 5.35. The number of aryl methyl sites for hydroxylation is 1. The van der Waals surface area contributed by atoms with E-state index in [2.05, 4.69) is 16.9 Å². The van der Waals surface area contributed by atoms with Gasteiger partial charge < -0.3 is 19.0 Å². The highest BCUT2D eigenvalue weighted by Crippen LogP contribution is 2.40. The maximum absolute atomic E-state index is 13.0. The van der Waals surface area contributed by atoms with E-state index < -0.39 is 0 Å². The fourth-order valence-electron chi connectivity index (χ4n) is 3.53. The molecule has 3 aliphatic rings. The summed E-state index contributed by atoms with van der Waals surface area (Å²) >= 11 is 0. The van der Waals surface area contributed by atoms with Crippen LogP contribution in [0.3, 0.4) is 0 Å². The number of rotatable bonds is 2. The largest absolute Gasteiger partial charge is 0.435 e. The summed E-state index contributed by atoms with van der Waals surface area (Å²) in [5.41, 5.74) is 0.721. The summed E-state index contributed by atoms with van der Waals surface area (Å²) in [4.78, 5) is 21.6. The van der Waals surface area contributed by atoms with Gasteiger partial charge in [-0.25, -0.2) is 4.98 Å². The van der Waals surface area contributed by atoms with E-state index >= 15 is 0 Å². The van der Waals surface area contributed by atoms with E-state index in [1.165, 1.54) is 0 Å². The van der Waals surface area contributed by atoms with E-state index in [-0.39, 0.29) is 18.1 Å². The molecule has 0 aromatic carbocycles. The summed E-state index contributed by atoms with van der Waals surface area (Å²) in [6, 6.07) is 0.119. The van der Waals surface area contributed by atoms with Gasteiger partial charge in [-0.1, -0.05) is 0 Å². The third-order valence-corrected chi connectivity index (χ3v) is 4.98. The highest BCUT2D eigenvalue weighted by Gasteiger charge is 2.40. The van der Waals surface area contributed by atoms with Crippen LogP contribution in [0.4, 0.5) is 0 Å². The molecule has 1 aromatic rings. The minimum atomic E-state index is -0.0227. The van der Waals surface area contributed by atoms with Gasteiger partial charge in [-0.15, -0.1) is 0 Å². The number of ether oxygens (including phenoxy) is 1. The van der Waals surface area contributed by atoms with Crippen molar-refractivity contribution < 1.29 is 13.9 Å². The van der Waals surface area contributed by atoms with Crippen molar-refractivity contribution in [1.82, 2.24) is 14.8 Å². The molecule has 0 N–H and O–H groups in total. The highest BCUT2D eigenvalue weighted by atomic mass is 16.5. The predicted molar refractivity (Wildman–Crippen MR) is 79.9 cm³/mol. The molecule has 3 heterocycles. The van der Waals surface area contributed by atoms with Gasteiger partial charge in [-0.2, -0.15) is 0 Å². The summed E-state index contributed by atoms with van der Waals surface area (Å²) in [5, 5.41) is 0. The van der Waals surface area contributed by atoms with Crippen LogP contribution < -0.4 is 0 Å². The first kappa shape index (κ1) is 14.2. The number of aromatic nitrogens is 1. The van der Waals surface area contributed by atoms with Crippen LogP contribution in [-0.4, -0.2) is 66.1 Å². The van der Waals surface area contributed by atoms with Gasteiger partial charge in [0.2, 0.25) is 5.76 Å². The molecule has 0 radical (unpaired) electrons. The molecule has 0 unspecified atom stereocenters. The lowest BCUT2D eigenvalue weighted by Crippen LogP contribution is -2.60. The lowest BCUT2D eigenvalue weighted by Gasteiger charge is -2.45. The molecule has 120 valence electrons. The third kappa shape index (κ3) is 2.44. The number of carbonyl (C=O) groups is 1. The number of nitrogens with zero attached hydrogens (tertiary/aromatic N) is 3. The van der Waals surface area contributed by atoms with Crippen molar-refractivity contribution in [2.75, 3.05) is 33.3 Å². The summed E-state index contributed by atoms with van der Waals surface area (Å²) in [7, 11) is 2.10. The monoisotopic (exact) mass is 305 g/mol. The van der Waals surface area contributed by atoms with E-state index in [1.807, 2.05) is 11.8 Å². The zero-order valence-electron chi connectivity index (χ0n) is 13.2. The zero-order chi connectivity index (χ0) is 15.3. The number of amides is 1. The molecular formula is C16H23N3O3. The summed E-state index contributed by atoms with van der Waals surface area (Å²) < 4.78 is 11.7. The smallest absolute Gasteiger partial charge is 0.292 e. The molecule has 2 saturated heterocycles. The second-order valence-corrected chi connectivity index (χ2v) is 6.77. The Morgan fingerprint density at radius 1 is 1.27 bits per heavy atom. The summed E-state index contributed by atoms with van der Waals surface area (Å²) in [5.74, 6) is 1.58. The van der Waals surface area contributed by atoms with Crippen LogP contribution in [0.5, 0.6) is 0 Å². The van der Waals surface area contributed by atoms with Crippen molar-refractivity contribution in [3.05, 3.63) is 17.3 Å². The molecule has 1 amide bonds. The van der Waals surface area contributed by atoms with Crippen molar-refractivity contribution in [2.45, 2.75) is 44.2 Å². The van der Waals surface area contributed by atoms with Crippen molar-refractivity contribution in [3.63, 3.8) is 0 Å². The molecule has 2 aliphatic heterocycles. The number of likely N-dealkylation sites (tertiary alicyclic amines) is 1. The standard InChI is InChI=1S/C16H23N3O3/c1-10-14(22-15(17-10)11-3-4-11)16(20)19-7-8-21-13-5-6-18(2)9-12(13)19/h11-13H,3-9H2,1-2H3/t12-,13-/m0/s1. The molecule has 22 heavy (non-hydrogen) atoms. The first-order valence-corrected chi connectivity index (χ1v) is 8.22. The van der Waals surface area contributed by atoms with Crippen molar-refractivity contribution in [2.24, 2.45) is 0 Å². The van der Waals surface area contributed by atoms with Crippen LogP contribution in [0, 0.1) is 6.92 Å². The number of likely N-dealkylation sites (N-methyl/N-ethyl adjacent to an activating group) is 1. The molecule has 2 atom stereocenters. The lowest BCUT2D eigenvalue weighted by atomic mass is 9.99.